The molecule has 4 heteroatoms. The Hall–Kier alpha value is -1.47. The fourth-order valence-electron chi connectivity index (χ4n) is 1.32. The first-order chi connectivity index (χ1) is 7.40. The first-order valence-corrected chi connectivity index (χ1v) is 5.66. The molecule has 15 heavy (non-hydrogen) atoms. The fourth-order valence-corrected chi connectivity index (χ4v) is 2.18. The van der Waals surface area contributed by atoms with Gasteiger partial charge in [0.15, 0.2) is 6.61 Å². The summed E-state index contributed by atoms with van der Waals surface area (Å²) in [7, 11) is 0. The van der Waals surface area contributed by atoms with E-state index in [2.05, 4.69) is 4.99 Å². The number of ether oxygens (including phenoxy) is 1. The highest BCUT2D eigenvalue weighted by molar-refractivity contribution is 8.14. The maximum atomic E-state index is 8.36. The molecule has 1 heterocycles. The number of nitrogens with zero attached hydrogens (tertiary/aromatic N) is 2. The zero-order chi connectivity index (χ0) is 10.5. The van der Waals surface area contributed by atoms with E-state index in [-0.39, 0.29) is 6.61 Å². The lowest BCUT2D eigenvalue weighted by Gasteiger charge is -2.03. The molecule has 76 valence electrons. The van der Waals surface area contributed by atoms with Crippen molar-refractivity contribution in [1.29, 1.82) is 5.26 Å². The van der Waals surface area contributed by atoms with Gasteiger partial charge in [-0.1, -0.05) is 0 Å². The number of thioether (sulfide) groups is 1. The van der Waals surface area contributed by atoms with Crippen molar-refractivity contribution in [1.82, 2.24) is 0 Å². The lowest BCUT2D eigenvalue weighted by molar-refractivity contribution is 0.368. The minimum atomic E-state index is 0.0923. The van der Waals surface area contributed by atoms with Crippen molar-refractivity contribution < 1.29 is 4.74 Å². The summed E-state index contributed by atoms with van der Waals surface area (Å²) >= 11 is 1.78. The zero-order valence-electron chi connectivity index (χ0n) is 8.14. The molecule has 0 fully saturated rings. The molecule has 0 spiro atoms. The molecular weight excluding hydrogens is 208 g/mol. The standard InChI is InChI=1S/C11H10N2OS/c12-5-7-14-10-3-1-9(2-4-10)11-13-6-8-15-11/h1-4H,6-8H2. The predicted molar refractivity (Wildman–Crippen MR) is 61.4 cm³/mol. The Morgan fingerprint density at radius 1 is 1.40 bits per heavy atom. The quantitative estimate of drug-likeness (QED) is 0.780. The molecule has 0 aromatic heterocycles. The van der Waals surface area contributed by atoms with E-state index in [1.807, 2.05) is 30.3 Å². The van der Waals surface area contributed by atoms with Crippen molar-refractivity contribution in [3.63, 3.8) is 0 Å². The Morgan fingerprint density at radius 2 is 2.20 bits per heavy atom. The van der Waals surface area contributed by atoms with Gasteiger partial charge in [-0.05, 0) is 24.3 Å². The molecular formula is C11H10N2OS. The average Bonchev–Trinajstić information content (AvgIpc) is 2.80. The van der Waals surface area contributed by atoms with E-state index in [0.29, 0.717) is 0 Å². The van der Waals surface area contributed by atoms with Crippen LogP contribution >= 0.6 is 11.8 Å². The summed E-state index contributed by atoms with van der Waals surface area (Å²) in [4.78, 5) is 4.38. The normalized spacial score (nSPS) is 14.5. The van der Waals surface area contributed by atoms with Crippen molar-refractivity contribution in [2.75, 3.05) is 18.9 Å². The summed E-state index contributed by atoms with van der Waals surface area (Å²) in [6.07, 6.45) is 0. The van der Waals surface area contributed by atoms with Crippen LogP contribution in [-0.4, -0.2) is 23.9 Å². The average molecular weight is 218 g/mol. The predicted octanol–water partition coefficient (Wildman–Crippen LogP) is 2.08. The molecule has 0 atom stereocenters. The van der Waals surface area contributed by atoms with Crippen LogP contribution in [-0.2, 0) is 0 Å². The number of nitriles is 1. The molecule has 1 aromatic rings. The van der Waals surface area contributed by atoms with Gasteiger partial charge >= 0.3 is 0 Å². The second-order valence-electron chi connectivity index (χ2n) is 3.01. The molecule has 0 bridgehead atoms. The lowest BCUT2D eigenvalue weighted by atomic mass is 10.2. The number of aliphatic imine (C=N–C) groups is 1. The van der Waals surface area contributed by atoms with E-state index in [9.17, 15) is 0 Å². The molecule has 0 radical (unpaired) electrons. The highest BCUT2D eigenvalue weighted by atomic mass is 32.2. The van der Waals surface area contributed by atoms with Crippen molar-refractivity contribution in [2.24, 2.45) is 4.99 Å². The van der Waals surface area contributed by atoms with Gasteiger partial charge in [-0.3, -0.25) is 4.99 Å². The molecule has 1 aliphatic rings. The molecule has 0 unspecified atom stereocenters. The van der Waals surface area contributed by atoms with E-state index in [4.69, 9.17) is 10.00 Å². The molecule has 0 saturated carbocycles. The summed E-state index contributed by atoms with van der Waals surface area (Å²) in [6.45, 7) is 1.00. The van der Waals surface area contributed by atoms with Crippen LogP contribution in [0.15, 0.2) is 29.3 Å². The molecule has 1 aromatic carbocycles. The molecule has 2 rings (SSSR count). The maximum Gasteiger partial charge on any atom is 0.174 e. The summed E-state index contributed by atoms with van der Waals surface area (Å²) in [6, 6.07) is 9.63. The van der Waals surface area contributed by atoms with E-state index in [0.717, 1.165) is 28.7 Å². The zero-order valence-corrected chi connectivity index (χ0v) is 8.96. The van der Waals surface area contributed by atoms with E-state index in [1.54, 1.807) is 11.8 Å². The summed E-state index contributed by atoms with van der Waals surface area (Å²) in [5.41, 5.74) is 1.13. The second kappa shape index (κ2) is 4.85. The SMILES string of the molecule is N#CCOc1ccc(C2=NCCS2)cc1. The Balaban J connectivity index is 2.07. The van der Waals surface area contributed by atoms with Crippen LogP contribution < -0.4 is 4.74 Å². The Kier molecular flexibility index (Phi) is 3.25. The number of hydrogen-bond donors (Lipinski definition) is 0. The molecule has 0 saturated heterocycles. The van der Waals surface area contributed by atoms with Crippen LogP contribution in [0.3, 0.4) is 0 Å². The molecule has 3 nitrogen and oxygen atoms in total. The Bertz CT molecular complexity index is 406. The van der Waals surface area contributed by atoms with Crippen LogP contribution in [0.2, 0.25) is 0 Å². The van der Waals surface area contributed by atoms with E-state index >= 15 is 0 Å². The van der Waals surface area contributed by atoms with Gasteiger partial charge < -0.3 is 4.74 Å². The minimum Gasteiger partial charge on any atom is -0.479 e. The monoisotopic (exact) mass is 218 g/mol. The van der Waals surface area contributed by atoms with Crippen molar-refractivity contribution in [3.05, 3.63) is 29.8 Å². The van der Waals surface area contributed by atoms with Gasteiger partial charge in [0.2, 0.25) is 0 Å². The fraction of sp³-hybridized carbons (Fsp3) is 0.273. The summed E-state index contributed by atoms with van der Waals surface area (Å²) in [5, 5.41) is 9.46. The third kappa shape index (κ3) is 2.51. The van der Waals surface area contributed by atoms with Gasteiger partial charge in [-0.25, -0.2) is 0 Å². The van der Waals surface area contributed by atoms with Crippen LogP contribution in [0.4, 0.5) is 0 Å². The second-order valence-corrected chi connectivity index (χ2v) is 4.09. The third-order valence-electron chi connectivity index (χ3n) is 1.99. The smallest absolute Gasteiger partial charge is 0.174 e. The van der Waals surface area contributed by atoms with Gasteiger partial charge in [0.25, 0.3) is 0 Å². The topological polar surface area (TPSA) is 45.4 Å². The number of rotatable bonds is 3. The third-order valence-corrected chi connectivity index (χ3v) is 3.02. The number of hydrogen-bond acceptors (Lipinski definition) is 4. The van der Waals surface area contributed by atoms with Gasteiger partial charge in [-0.2, -0.15) is 5.26 Å². The highest BCUT2D eigenvalue weighted by Gasteiger charge is 2.09. The van der Waals surface area contributed by atoms with Crippen LogP contribution in [0.25, 0.3) is 0 Å². The van der Waals surface area contributed by atoms with Crippen LogP contribution in [0.5, 0.6) is 5.75 Å². The largest absolute Gasteiger partial charge is 0.479 e. The van der Waals surface area contributed by atoms with Crippen molar-refractivity contribution >= 4 is 16.8 Å². The van der Waals surface area contributed by atoms with Gasteiger partial charge in [-0.15, -0.1) is 11.8 Å². The molecule has 1 aliphatic heterocycles. The van der Waals surface area contributed by atoms with E-state index in [1.165, 1.54) is 0 Å². The Labute approximate surface area is 92.8 Å². The van der Waals surface area contributed by atoms with E-state index < -0.39 is 0 Å². The first-order valence-electron chi connectivity index (χ1n) is 4.67. The molecule has 0 amide bonds. The maximum absolute atomic E-state index is 8.36. The van der Waals surface area contributed by atoms with Gasteiger partial charge in [0.1, 0.15) is 11.8 Å². The van der Waals surface area contributed by atoms with Crippen LogP contribution in [0, 0.1) is 11.3 Å². The molecule has 0 N–H and O–H groups in total. The van der Waals surface area contributed by atoms with Gasteiger partial charge in [0, 0.05) is 17.9 Å². The van der Waals surface area contributed by atoms with Crippen molar-refractivity contribution in [3.8, 4) is 11.8 Å². The number of benzene rings is 1. The summed E-state index contributed by atoms with van der Waals surface area (Å²) < 4.78 is 5.17. The van der Waals surface area contributed by atoms with Gasteiger partial charge in [0.05, 0.1) is 5.04 Å². The van der Waals surface area contributed by atoms with Crippen LogP contribution in [0.1, 0.15) is 5.56 Å². The first kappa shape index (κ1) is 10.1. The lowest BCUT2D eigenvalue weighted by Crippen LogP contribution is -1.95. The Morgan fingerprint density at radius 3 is 2.80 bits per heavy atom. The summed E-state index contributed by atoms with van der Waals surface area (Å²) in [5.74, 6) is 1.80. The van der Waals surface area contributed by atoms with Crippen molar-refractivity contribution in [2.45, 2.75) is 0 Å². The highest BCUT2D eigenvalue weighted by Crippen LogP contribution is 2.21. The minimum absolute atomic E-state index is 0.0923. The molecule has 0 aliphatic carbocycles.